The molecule has 0 atom stereocenters. The highest BCUT2D eigenvalue weighted by Gasteiger charge is 2.18. The molecule has 11 aromatic carbocycles. The molecule has 0 aliphatic heterocycles. The maximum Gasteiger partial charge on any atom is 0.188 e. The monoisotopic (exact) mass is 914 g/mol. The van der Waals surface area contributed by atoms with E-state index in [4.69, 9.17) is 6.57 Å². The third-order valence-corrected chi connectivity index (χ3v) is 14.1. The highest BCUT2D eigenvalue weighted by atomic mass is 15.0. The summed E-state index contributed by atoms with van der Waals surface area (Å²) < 4.78 is 4.70. The van der Waals surface area contributed by atoms with Crippen LogP contribution in [0.15, 0.2) is 255 Å². The molecule has 0 unspecified atom stereocenters. The van der Waals surface area contributed by atoms with E-state index < -0.39 is 0 Å². The number of nitrogens with zero attached hydrogens (tertiary/aromatic N) is 4. The number of hydrogen-bond donors (Lipinski definition) is 0. The second-order valence-electron chi connectivity index (χ2n) is 18.4. The quantitative estimate of drug-likeness (QED) is 0.140. The molecule has 0 N–H and O–H groups in total. The van der Waals surface area contributed by atoms with Gasteiger partial charge in [-0.15, -0.1) is 0 Å². The molecule has 0 fully saturated rings. The van der Waals surface area contributed by atoms with E-state index in [1.807, 2.05) is 60.7 Å². The second kappa shape index (κ2) is 17.5. The maximum absolute atomic E-state index is 10.1. The third-order valence-electron chi connectivity index (χ3n) is 14.1. The van der Waals surface area contributed by atoms with Crippen LogP contribution in [0.1, 0.15) is 5.56 Å². The topological polar surface area (TPSA) is 38.0 Å². The predicted octanol–water partition coefficient (Wildman–Crippen LogP) is 18.3. The van der Waals surface area contributed by atoms with E-state index in [1.165, 1.54) is 0 Å². The average Bonchev–Trinajstić information content (AvgIpc) is 3.97. The fraction of sp³-hybridized carbons (Fsp3) is 0. The van der Waals surface area contributed by atoms with Crippen molar-refractivity contribution in [3.8, 4) is 84.2 Å². The van der Waals surface area contributed by atoms with Gasteiger partial charge in [0, 0.05) is 32.9 Å². The van der Waals surface area contributed by atoms with Crippen LogP contribution in [0.25, 0.3) is 127 Å². The lowest BCUT2D eigenvalue weighted by atomic mass is 9.95. The summed E-state index contributed by atoms with van der Waals surface area (Å²) in [5, 5.41) is 14.7. The molecule has 0 aliphatic rings. The molecule has 2 aromatic heterocycles. The van der Waals surface area contributed by atoms with Crippen LogP contribution in [-0.4, -0.2) is 9.13 Å². The summed E-state index contributed by atoms with van der Waals surface area (Å²) in [6, 6.07) is 92.4. The number of para-hydroxylation sites is 2. The Morgan fingerprint density at radius 1 is 0.292 bits per heavy atom. The van der Waals surface area contributed by atoms with Crippen molar-refractivity contribution in [2.45, 2.75) is 0 Å². The first-order chi connectivity index (χ1) is 35.6. The van der Waals surface area contributed by atoms with Crippen molar-refractivity contribution in [3.63, 3.8) is 0 Å². The molecule has 13 aromatic rings. The molecule has 2 heterocycles. The molecule has 13 rings (SSSR count). The Labute approximate surface area is 417 Å². The molecule has 72 heavy (non-hydrogen) atoms. The van der Waals surface area contributed by atoms with E-state index in [2.05, 4.69) is 214 Å². The summed E-state index contributed by atoms with van der Waals surface area (Å²) >= 11 is 0. The summed E-state index contributed by atoms with van der Waals surface area (Å²) in [5.74, 6) is 0. The van der Waals surface area contributed by atoms with E-state index >= 15 is 0 Å². The molecule has 0 aliphatic carbocycles. The van der Waals surface area contributed by atoms with Crippen LogP contribution in [0.3, 0.4) is 0 Å². The van der Waals surface area contributed by atoms with Gasteiger partial charge in [-0.3, -0.25) is 0 Å². The zero-order valence-corrected chi connectivity index (χ0v) is 39.0. The van der Waals surface area contributed by atoms with Crippen molar-refractivity contribution < 1.29 is 0 Å². The Morgan fingerprint density at radius 2 is 0.583 bits per heavy atom. The summed E-state index contributed by atoms with van der Waals surface area (Å²) in [4.78, 5) is 3.87. The molecule has 0 amide bonds. The first-order valence-electron chi connectivity index (χ1n) is 24.1. The van der Waals surface area contributed by atoms with Gasteiger partial charge in [-0.2, -0.15) is 5.26 Å². The molecule has 0 radical (unpaired) electrons. The van der Waals surface area contributed by atoms with Crippen LogP contribution in [0.2, 0.25) is 0 Å². The van der Waals surface area contributed by atoms with Crippen molar-refractivity contribution in [3.05, 3.63) is 272 Å². The highest BCUT2D eigenvalue weighted by molar-refractivity contribution is 6.13. The number of rotatable bonds is 8. The predicted molar refractivity (Wildman–Crippen MR) is 299 cm³/mol. The van der Waals surface area contributed by atoms with E-state index in [-0.39, 0.29) is 0 Å². The zero-order valence-electron chi connectivity index (χ0n) is 39.0. The van der Waals surface area contributed by atoms with Gasteiger partial charge in [0.15, 0.2) is 5.69 Å². The summed E-state index contributed by atoms with van der Waals surface area (Å²) in [5.41, 5.74) is 20.9. The van der Waals surface area contributed by atoms with E-state index in [9.17, 15) is 5.26 Å². The molecule has 334 valence electrons. The fourth-order valence-corrected chi connectivity index (χ4v) is 10.6. The van der Waals surface area contributed by atoms with Crippen molar-refractivity contribution in [2.24, 2.45) is 0 Å². The van der Waals surface area contributed by atoms with Gasteiger partial charge in [0.1, 0.15) is 0 Å². The molecule has 0 spiro atoms. The van der Waals surface area contributed by atoms with Crippen LogP contribution in [0.5, 0.6) is 0 Å². The summed E-state index contributed by atoms with van der Waals surface area (Å²) in [6.45, 7) is 7.94. The van der Waals surface area contributed by atoms with E-state index in [0.717, 1.165) is 122 Å². The van der Waals surface area contributed by atoms with Crippen molar-refractivity contribution >= 4 is 49.3 Å². The molecule has 0 bridgehead atoms. The van der Waals surface area contributed by atoms with Crippen LogP contribution >= 0.6 is 0 Å². The normalized spacial score (nSPS) is 11.3. The van der Waals surface area contributed by atoms with Gasteiger partial charge in [-0.25, -0.2) is 4.85 Å². The number of fused-ring (bicyclic) bond motifs is 6. The van der Waals surface area contributed by atoms with Crippen LogP contribution in [0, 0.1) is 17.9 Å². The highest BCUT2D eigenvalue weighted by Crippen LogP contribution is 2.41. The molecule has 4 nitrogen and oxygen atoms in total. The Kier molecular flexibility index (Phi) is 10.2. The molecule has 4 heteroatoms. The average molecular weight is 915 g/mol. The maximum atomic E-state index is 10.1. The van der Waals surface area contributed by atoms with E-state index in [1.54, 1.807) is 0 Å². The summed E-state index contributed by atoms with van der Waals surface area (Å²) in [6.07, 6.45) is 0. The van der Waals surface area contributed by atoms with Crippen LogP contribution in [-0.2, 0) is 0 Å². The number of benzene rings is 11. The smallest absolute Gasteiger partial charge is 0.188 e. The van der Waals surface area contributed by atoms with Gasteiger partial charge in [-0.1, -0.05) is 146 Å². The molecular formula is C68H42N4. The van der Waals surface area contributed by atoms with Gasteiger partial charge in [-0.05, 0) is 176 Å². The first-order valence-corrected chi connectivity index (χ1v) is 24.1. The van der Waals surface area contributed by atoms with Crippen LogP contribution in [0.4, 0.5) is 5.69 Å². The van der Waals surface area contributed by atoms with Gasteiger partial charge in [0.2, 0.25) is 0 Å². The van der Waals surface area contributed by atoms with Gasteiger partial charge in [0.25, 0.3) is 0 Å². The third kappa shape index (κ3) is 7.40. The molecular weight excluding hydrogens is 873 g/mol. The summed E-state index contributed by atoms with van der Waals surface area (Å²) in [7, 11) is 0. The minimum atomic E-state index is 0.619. The molecule has 0 saturated heterocycles. The SMILES string of the molecule is [C-]#[N+]c1cc(-c2ccccc2)cc(-c2ccc3c(c2)c2cc(-c4ccc(-c5ccc6c(c5)c5cc(-c7cc(C#N)cc(-c8ccccc8)c7)ccc5n6-c5ccccc5)cc4)ccc2n3-c2ccccc2)c1. The number of hydrogen-bond acceptors (Lipinski definition) is 1. The van der Waals surface area contributed by atoms with Crippen molar-refractivity contribution in [1.29, 1.82) is 5.26 Å². The standard InChI is InChI=1S/C68H42N4/c1-70-58-38-56(47-16-8-3-9-17-47)37-57(39-58)53-29-33-68-64(43-53)62-41-51(27-31-66(62)72(68)60-20-12-5-13-21-60)49-24-22-48(23-25-49)50-26-30-65-61(40-50)63-42-52(28-32-67(63)71(65)59-18-10-4-11-19-59)55-35-45(44-69)34-54(36-55)46-14-6-2-7-15-46/h2-43H. The minimum Gasteiger partial charge on any atom is -0.309 e. The minimum absolute atomic E-state index is 0.619. The largest absolute Gasteiger partial charge is 0.309 e. The van der Waals surface area contributed by atoms with Gasteiger partial charge >= 0.3 is 0 Å². The van der Waals surface area contributed by atoms with Crippen molar-refractivity contribution in [2.75, 3.05) is 0 Å². The number of nitriles is 1. The Bertz CT molecular complexity index is 4020. The zero-order chi connectivity index (χ0) is 48.1. The Balaban J connectivity index is 0.905. The van der Waals surface area contributed by atoms with Crippen LogP contribution < -0.4 is 0 Å². The van der Waals surface area contributed by atoms with Crippen molar-refractivity contribution in [1.82, 2.24) is 9.13 Å². The van der Waals surface area contributed by atoms with Gasteiger partial charge < -0.3 is 9.13 Å². The fourth-order valence-electron chi connectivity index (χ4n) is 10.6. The lowest BCUT2D eigenvalue weighted by Gasteiger charge is -2.10. The lowest BCUT2D eigenvalue weighted by Crippen LogP contribution is -1.93. The van der Waals surface area contributed by atoms with E-state index in [0.29, 0.717) is 11.3 Å². The molecule has 0 saturated carbocycles. The second-order valence-corrected chi connectivity index (χ2v) is 18.4. The first kappa shape index (κ1) is 42.1. The number of aromatic nitrogens is 2. The van der Waals surface area contributed by atoms with Gasteiger partial charge in [0.05, 0.1) is 40.3 Å². The lowest BCUT2D eigenvalue weighted by molar-refractivity contribution is 1.18. The Morgan fingerprint density at radius 3 is 0.944 bits per heavy atom. The Hall–Kier alpha value is -10.0.